The minimum absolute atomic E-state index is 0.205. The van der Waals surface area contributed by atoms with E-state index in [0.717, 1.165) is 24.3 Å². The average Bonchev–Trinajstić information content (AvgIpc) is 2.42. The van der Waals surface area contributed by atoms with Gasteiger partial charge in [0.05, 0.1) is 16.6 Å². The second kappa shape index (κ2) is 5.20. The molecule has 0 amide bonds. The molecule has 3 atom stereocenters. The number of sulfone groups is 1. The largest absolute Gasteiger partial charge is 0.486 e. The third-order valence-electron chi connectivity index (χ3n) is 4.77. The highest BCUT2D eigenvalue weighted by molar-refractivity contribution is 7.90. The van der Waals surface area contributed by atoms with Gasteiger partial charge in [0.15, 0.2) is 9.84 Å². The lowest BCUT2D eigenvalue weighted by Gasteiger charge is -2.42. The van der Waals surface area contributed by atoms with Crippen LogP contribution in [0.1, 0.15) is 33.1 Å². The topological polar surface area (TPSA) is 55.4 Å². The van der Waals surface area contributed by atoms with Gasteiger partial charge in [-0.1, -0.05) is 13.8 Å². The molecule has 1 aromatic rings. The average molecular weight is 309 g/mol. The Morgan fingerprint density at radius 3 is 2.71 bits per heavy atom. The Hall–Kier alpha value is -1.23. The zero-order valence-electron chi connectivity index (χ0n) is 12.8. The third-order valence-corrected chi connectivity index (χ3v) is 5.88. The molecule has 2 aliphatic rings. The lowest BCUT2D eigenvalue weighted by Crippen LogP contribution is -2.46. The van der Waals surface area contributed by atoms with E-state index < -0.39 is 9.84 Å². The van der Waals surface area contributed by atoms with Crippen LogP contribution < -0.4 is 10.1 Å². The van der Waals surface area contributed by atoms with Crippen LogP contribution in [-0.2, 0) is 9.84 Å². The molecule has 4 nitrogen and oxygen atoms in total. The molecule has 21 heavy (non-hydrogen) atoms. The van der Waals surface area contributed by atoms with Crippen LogP contribution in [0.3, 0.4) is 0 Å². The van der Waals surface area contributed by atoms with Gasteiger partial charge in [-0.2, -0.15) is 0 Å². The van der Waals surface area contributed by atoms with Gasteiger partial charge < -0.3 is 10.1 Å². The Morgan fingerprint density at radius 1 is 1.29 bits per heavy atom. The van der Waals surface area contributed by atoms with Crippen molar-refractivity contribution in [2.75, 3.05) is 11.6 Å². The highest BCUT2D eigenvalue weighted by atomic mass is 32.2. The second-order valence-electron chi connectivity index (χ2n) is 6.65. The Balaban J connectivity index is 1.86. The van der Waals surface area contributed by atoms with E-state index in [-0.39, 0.29) is 12.1 Å². The quantitative estimate of drug-likeness (QED) is 0.912. The van der Waals surface area contributed by atoms with Crippen molar-refractivity contribution in [1.29, 1.82) is 0 Å². The minimum Gasteiger partial charge on any atom is -0.486 e. The van der Waals surface area contributed by atoms with Crippen molar-refractivity contribution in [2.24, 2.45) is 11.8 Å². The van der Waals surface area contributed by atoms with Crippen molar-refractivity contribution in [1.82, 2.24) is 0 Å². The molecule has 0 aromatic heterocycles. The van der Waals surface area contributed by atoms with Gasteiger partial charge in [-0.25, -0.2) is 8.42 Å². The summed E-state index contributed by atoms with van der Waals surface area (Å²) in [6, 6.07) is 5.37. The summed E-state index contributed by atoms with van der Waals surface area (Å²) >= 11 is 0. The van der Waals surface area contributed by atoms with Gasteiger partial charge in [0.1, 0.15) is 11.9 Å². The molecular formula is C16H23NO3S. The smallest absolute Gasteiger partial charge is 0.175 e. The standard InChI is InChI=1S/C16H23NO3S/c1-10(2)11-4-6-15-13(8-11)17-14-9-12(21(3,18)19)5-7-16(14)20-15/h5,7,9-11,13,15,17H,4,6,8H2,1-3H3. The lowest BCUT2D eigenvalue weighted by molar-refractivity contribution is 0.0947. The molecule has 1 aliphatic heterocycles. The van der Waals surface area contributed by atoms with Crippen molar-refractivity contribution in [3.63, 3.8) is 0 Å². The number of hydrogen-bond donors (Lipinski definition) is 1. The van der Waals surface area contributed by atoms with Crippen LogP contribution >= 0.6 is 0 Å². The highest BCUT2D eigenvalue weighted by Gasteiger charge is 2.36. The van der Waals surface area contributed by atoms with Crippen molar-refractivity contribution >= 4 is 15.5 Å². The van der Waals surface area contributed by atoms with E-state index in [1.165, 1.54) is 12.7 Å². The summed E-state index contributed by atoms with van der Waals surface area (Å²) in [7, 11) is -3.19. The van der Waals surface area contributed by atoms with E-state index in [0.29, 0.717) is 16.7 Å². The maximum Gasteiger partial charge on any atom is 0.175 e. The van der Waals surface area contributed by atoms with Crippen molar-refractivity contribution in [2.45, 2.75) is 50.2 Å². The van der Waals surface area contributed by atoms with Crippen LogP contribution in [-0.4, -0.2) is 26.8 Å². The summed E-state index contributed by atoms with van der Waals surface area (Å²) in [5.41, 5.74) is 0.809. The first-order chi connectivity index (χ1) is 9.84. The predicted octanol–water partition coefficient (Wildman–Crippen LogP) is 3.09. The number of hydrogen-bond acceptors (Lipinski definition) is 4. The summed E-state index contributed by atoms with van der Waals surface area (Å²) < 4.78 is 29.4. The molecule has 1 heterocycles. The maximum absolute atomic E-state index is 11.7. The fraction of sp³-hybridized carbons (Fsp3) is 0.625. The Kier molecular flexibility index (Phi) is 3.64. The summed E-state index contributed by atoms with van der Waals surface area (Å²) in [6.07, 6.45) is 4.79. The van der Waals surface area contributed by atoms with Crippen LogP contribution in [0.5, 0.6) is 5.75 Å². The number of rotatable bonds is 2. The van der Waals surface area contributed by atoms with E-state index >= 15 is 0 Å². The van der Waals surface area contributed by atoms with Gasteiger partial charge in [0.2, 0.25) is 0 Å². The van der Waals surface area contributed by atoms with Crippen LogP contribution in [0.15, 0.2) is 23.1 Å². The van der Waals surface area contributed by atoms with Gasteiger partial charge in [-0.05, 0) is 49.3 Å². The Labute approximate surface area is 126 Å². The molecule has 3 rings (SSSR count). The first-order valence-electron chi connectivity index (χ1n) is 7.62. The normalized spacial score (nSPS) is 28.3. The molecule has 1 N–H and O–H groups in total. The van der Waals surface area contributed by atoms with Crippen molar-refractivity contribution in [3.8, 4) is 5.75 Å². The van der Waals surface area contributed by atoms with Gasteiger partial charge in [-0.15, -0.1) is 0 Å². The van der Waals surface area contributed by atoms with E-state index in [9.17, 15) is 8.42 Å². The summed E-state index contributed by atoms with van der Waals surface area (Å²) in [5.74, 6) is 2.16. The molecule has 1 saturated carbocycles. The fourth-order valence-electron chi connectivity index (χ4n) is 3.39. The highest BCUT2D eigenvalue weighted by Crippen LogP contribution is 2.40. The van der Waals surface area contributed by atoms with Crippen LogP contribution in [0.4, 0.5) is 5.69 Å². The predicted molar refractivity (Wildman–Crippen MR) is 83.6 cm³/mol. The van der Waals surface area contributed by atoms with Crippen LogP contribution in [0, 0.1) is 11.8 Å². The molecule has 0 bridgehead atoms. The Bertz CT molecular complexity index is 639. The molecule has 0 spiro atoms. The van der Waals surface area contributed by atoms with Crippen molar-refractivity contribution < 1.29 is 13.2 Å². The van der Waals surface area contributed by atoms with E-state index in [1.807, 2.05) is 0 Å². The first-order valence-corrected chi connectivity index (χ1v) is 9.51. The van der Waals surface area contributed by atoms with E-state index in [2.05, 4.69) is 19.2 Å². The van der Waals surface area contributed by atoms with E-state index in [4.69, 9.17) is 4.74 Å². The Morgan fingerprint density at radius 2 is 2.05 bits per heavy atom. The number of ether oxygens (including phenoxy) is 1. The number of benzene rings is 1. The zero-order chi connectivity index (χ0) is 15.2. The number of anilines is 1. The molecule has 5 heteroatoms. The lowest BCUT2D eigenvalue weighted by atomic mass is 9.77. The van der Waals surface area contributed by atoms with Gasteiger partial charge in [0, 0.05) is 6.26 Å². The molecule has 0 radical (unpaired) electrons. The minimum atomic E-state index is -3.19. The molecule has 3 unspecified atom stereocenters. The molecule has 1 aliphatic carbocycles. The fourth-order valence-corrected chi connectivity index (χ4v) is 4.04. The van der Waals surface area contributed by atoms with Crippen LogP contribution in [0.2, 0.25) is 0 Å². The SMILES string of the molecule is CC(C)C1CCC2Oc3ccc(S(C)(=O)=O)cc3NC2C1. The van der Waals surface area contributed by atoms with Crippen molar-refractivity contribution in [3.05, 3.63) is 18.2 Å². The van der Waals surface area contributed by atoms with Gasteiger partial charge in [-0.3, -0.25) is 0 Å². The summed E-state index contributed by atoms with van der Waals surface area (Å²) in [4.78, 5) is 0.340. The van der Waals surface area contributed by atoms with Crippen LogP contribution in [0.25, 0.3) is 0 Å². The zero-order valence-corrected chi connectivity index (χ0v) is 13.6. The second-order valence-corrected chi connectivity index (χ2v) is 8.67. The third kappa shape index (κ3) is 2.89. The molecule has 0 saturated heterocycles. The van der Waals surface area contributed by atoms with E-state index in [1.54, 1.807) is 18.2 Å². The maximum atomic E-state index is 11.7. The first kappa shape index (κ1) is 14.7. The molecular weight excluding hydrogens is 286 g/mol. The number of nitrogens with one attached hydrogen (secondary N) is 1. The number of fused-ring (bicyclic) bond motifs is 2. The molecule has 1 fully saturated rings. The molecule has 116 valence electrons. The van der Waals surface area contributed by atoms with Gasteiger partial charge in [0.25, 0.3) is 0 Å². The summed E-state index contributed by atoms with van der Waals surface area (Å²) in [6.45, 7) is 4.54. The monoisotopic (exact) mass is 309 g/mol. The molecule has 1 aromatic carbocycles. The van der Waals surface area contributed by atoms with Gasteiger partial charge >= 0.3 is 0 Å². The summed E-state index contributed by atoms with van der Waals surface area (Å²) in [5, 5.41) is 3.51.